The van der Waals surface area contributed by atoms with Crippen LogP contribution in [0.2, 0.25) is 15.3 Å². The molecular weight excluding hydrogens is 260 g/mol. The minimum atomic E-state index is 0.179. The number of ether oxygens (including phenoxy) is 1. The third-order valence-corrected chi connectivity index (χ3v) is 3.15. The Morgan fingerprint density at radius 2 is 1.53 bits per heavy atom. The Bertz CT molecular complexity index is 345. The van der Waals surface area contributed by atoms with Crippen molar-refractivity contribution in [3.05, 3.63) is 15.3 Å². The van der Waals surface area contributed by atoms with Gasteiger partial charge in [-0.3, -0.25) is 0 Å². The van der Waals surface area contributed by atoms with E-state index in [0.29, 0.717) is 19.2 Å². The van der Waals surface area contributed by atoms with Crippen LogP contribution >= 0.6 is 34.8 Å². The van der Waals surface area contributed by atoms with E-state index < -0.39 is 0 Å². The lowest BCUT2D eigenvalue weighted by atomic mass is 10.4. The summed E-state index contributed by atoms with van der Waals surface area (Å²) in [4.78, 5) is 10.1. The Morgan fingerprint density at radius 3 is 2.07 bits per heavy atom. The van der Waals surface area contributed by atoms with E-state index >= 15 is 0 Å². The summed E-state index contributed by atoms with van der Waals surface area (Å²) in [5, 5.41) is 0.548. The summed E-state index contributed by atoms with van der Waals surface area (Å²) < 4.78 is 5.22. The van der Waals surface area contributed by atoms with Crippen LogP contribution in [0.25, 0.3) is 0 Å². The number of hydrogen-bond acceptors (Lipinski definition) is 4. The van der Waals surface area contributed by atoms with Crippen molar-refractivity contribution in [3.63, 3.8) is 0 Å². The summed E-state index contributed by atoms with van der Waals surface area (Å²) in [6.07, 6.45) is 0. The van der Waals surface area contributed by atoms with E-state index in [1.807, 2.05) is 4.90 Å². The zero-order valence-corrected chi connectivity index (χ0v) is 9.98. The van der Waals surface area contributed by atoms with Crippen LogP contribution in [0.4, 0.5) is 5.95 Å². The van der Waals surface area contributed by atoms with Crippen LogP contribution in [0.1, 0.15) is 0 Å². The number of rotatable bonds is 1. The van der Waals surface area contributed by atoms with Crippen LogP contribution in [0.15, 0.2) is 0 Å². The van der Waals surface area contributed by atoms with Gasteiger partial charge in [0.2, 0.25) is 5.95 Å². The lowest BCUT2D eigenvalue weighted by molar-refractivity contribution is 0.122. The van der Waals surface area contributed by atoms with E-state index in [2.05, 4.69) is 9.97 Å². The van der Waals surface area contributed by atoms with Crippen molar-refractivity contribution in [2.75, 3.05) is 31.2 Å². The highest BCUT2D eigenvalue weighted by Gasteiger charge is 2.17. The molecule has 1 fully saturated rings. The second-order valence-electron chi connectivity index (χ2n) is 3.02. The first-order chi connectivity index (χ1) is 7.18. The Kier molecular flexibility index (Phi) is 3.51. The molecule has 7 heteroatoms. The molecule has 2 rings (SSSR count). The molecule has 0 aliphatic carbocycles. The fourth-order valence-corrected chi connectivity index (χ4v) is 1.75. The first-order valence-electron chi connectivity index (χ1n) is 4.39. The molecule has 82 valence electrons. The fraction of sp³-hybridized carbons (Fsp3) is 0.500. The summed E-state index contributed by atoms with van der Waals surface area (Å²) in [7, 11) is 0. The normalized spacial score (nSPS) is 16.9. The first kappa shape index (κ1) is 11.2. The predicted molar refractivity (Wildman–Crippen MR) is 60.1 cm³/mol. The highest BCUT2D eigenvalue weighted by molar-refractivity contribution is 6.46. The topological polar surface area (TPSA) is 38.2 Å². The Labute approximate surface area is 102 Å². The van der Waals surface area contributed by atoms with Crippen LogP contribution in [-0.2, 0) is 4.74 Å². The molecule has 1 aliphatic rings. The lowest BCUT2D eigenvalue weighted by Gasteiger charge is -2.26. The van der Waals surface area contributed by atoms with E-state index in [1.54, 1.807) is 0 Å². The molecule has 1 saturated heterocycles. The zero-order chi connectivity index (χ0) is 10.8. The number of anilines is 1. The smallest absolute Gasteiger partial charge is 0.228 e. The summed E-state index contributed by atoms with van der Waals surface area (Å²) in [6.45, 7) is 2.77. The van der Waals surface area contributed by atoms with E-state index in [9.17, 15) is 0 Å². The van der Waals surface area contributed by atoms with Crippen LogP contribution in [0, 0.1) is 0 Å². The molecule has 0 unspecified atom stereocenters. The highest BCUT2D eigenvalue weighted by Crippen LogP contribution is 2.28. The summed E-state index contributed by atoms with van der Waals surface area (Å²) >= 11 is 17.4. The standard InChI is InChI=1S/C8H8Cl3N3O/c9-5-6(10)12-8(13-7(5)11)14-1-3-15-4-2-14/h1-4H2. The molecule has 1 aromatic heterocycles. The number of aromatic nitrogens is 2. The largest absolute Gasteiger partial charge is 0.378 e. The molecular formula is C8H8Cl3N3O. The van der Waals surface area contributed by atoms with Crippen molar-refractivity contribution in [3.8, 4) is 0 Å². The second kappa shape index (κ2) is 4.70. The molecule has 0 saturated carbocycles. The van der Waals surface area contributed by atoms with E-state index in [-0.39, 0.29) is 15.3 Å². The average Bonchev–Trinajstić information content (AvgIpc) is 2.26. The third kappa shape index (κ3) is 2.45. The van der Waals surface area contributed by atoms with Crippen molar-refractivity contribution in [1.82, 2.24) is 9.97 Å². The number of hydrogen-bond donors (Lipinski definition) is 0. The molecule has 15 heavy (non-hydrogen) atoms. The maximum Gasteiger partial charge on any atom is 0.228 e. The van der Waals surface area contributed by atoms with Gasteiger partial charge in [0.05, 0.1) is 13.2 Å². The van der Waals surface area contributed by atoms with Gasteiger partial charge in [0.15, 0.2) is 10.3 Å². The van der Waals surface area contributed by atoms with Gasteiger partial charge in [0.25, 0.3) is 0 Å². The van der Waals surface area contributed by atoms with Crippen LogP contribution in [0.5, 0.6) is 0 Å². The maximum atomic E-state index is 5.81. The third-order valence-electron chi connectivity index (χ3n) is 2.05. The minimum absolute atomic E-state index is 0.179. The molecule has 0 bridgehead atoms. The van der Waals surface area contributed by atoms with Crippen molar-refractivity contribution in [2.24, 2.45) is 0 Å². The Balaban J connectivity index is 2.27. The number of nitrogens with zero attached hydrogens (tertiary/aromatic N) is 3. The highest BCUT2D eigenvalue weighted by atomic mass is 35.5. The van der Waals surface area contributed by atoms with Crippen LogP contribution < -0.4 is 4.90 Å². The van der Waals surface area contributed by atoms with Crippen molar-refractivity contribution < 1.29 is 4.74 Å². The molecule has 0 N–H and O–H groups in total. The SMILES string of the molecule is Clc1nc(N2CCOCC2)nc(Cl)c1Cl. The van der Waals surface area contributed by atoms with Gasteiger partial charge in [-0.1, -0.05) is 34.8 Å². The Hall–Kier alpha value is -0.290. The minimum Gasteiger partial charge on any atom is -0.378 e. The van der Waals surface area contributed by atoms with E-state index in [0.717, 1.165) is 13.1 Å². The van der Waals surface area contributed by atoms with Crippen molar-refractivity contribution >= 4 is 40.8 Å². The quantitative estimate of drug-likeness (QED) is 0.733. The summed E-state index contributed by atoms with van der Waals surface area (Å²) in [5.41, 5.74) is 0. The Morgan fingerprint density at radius 1 is 1.00 bits per heavy atom. The molecule has 1 aliphatic heterocycles. The van der Waals surface area contributed by atoms with E-state index in [4.69, 9.17) is 39.5 Å². The number of halogens is 3. The lowest BCUT2D eigenvalue weighted by Crippen LogP contribution is -2.37. The molecule has 0 aromatic carbocycles. The molecule has 4 nitrogen and oxygen atoms in total. The van der Waals surface area contributed by atoms with Gasteiger partial charge in [0.1, 0.15) is 5.02 Å². The molecule has 0 radical (unpaired) electrons. The summed E-state index contributed by atoms with van der Waals surface area (Å²) in [6, 6.07) is 0. The predicted octanol–water partition coefficient (Wildman–Crippen LogP) is 2.27. The molecule has 0 spiro atoms. The zero-order valence-electron chi connectivity index (χ0n) is 7.71. The van der Waals surface area contributed by atoms with Crippen LogP contribution in [0.3, 0.4) is 0 Å². The average molecular weight is 269 g/mol. The first-order valence-corrected chi connectivity index (χ1v) is 5.53. The van der Waals surface area contributed by atoms with Crippen LogP contribution in [-0.4, -0.2) is 36.3 Å². The molecule has 2 heterocycles. The van der Waals surface area contributed by atoms with Gasteiger partial charge < -0.3 is 9.64 Å². The number of morpholine rings is 1. The van der Waals surface area contributed by atoms with Gasteiger partial charge in [-0.2, -0.15) is 9.97 Å². The summed E-state index contributed by atoms with van der Waals surface area (Å²) in [5.74, 6) is 0.498. The molecule has 0 amide bonds. The van der Waals surface area contributed by atoms with Gasteiger partial charge in [0, 0.05) is 13.1 Å². The second-order valence-corrected chi connectivity index (χ2v) is 4.11. The van der Waals surface area contributed by atoms with Crippen molar-refractivity contribution in [1.29, 1.82) is 0 Å². The van der Waals surface area contributed by atoms with Gasteiger partial charge >= 0.3 is 0 Å². The molecule has 0 atom stereocenters. The monoisotopic (exact) mass is 267 g/mol. The van der Waals surface area contributed by atoms with Crippen molar-refractivity contribution in [2.45, 2.75) is 0 Å². The van der Waals surface area contributed by atoms with Gasteiger partial charge in [-0.25, -0.2) is 0 Å². The maximum absolute atomic E-state index is 5.81. The van der Waals surface area contributed by atoms with Gasteiger partial charge in [-0.05, 0) is 0 Å². The van der Waals surface area contributed by atoms with Gasteiger partial charge in [-0.15, -0.1) is 0 Å². The van der Waals surface area contributed by atoms with E-state index in [1.165, 1.54) is 0 Å². The fourth-order valence-electron chi connectivity index (χ4n) is 1.29. The molecule has 1 aromatic rings.